The van der Waals surface area contributed by atoms with Crippen LogP contribution in [-0.2, 0) is 0 Å². The van der Waals surface area contributed by atoms with Crippen molar-refractivity contribution in [2.24, 2.45) is 0 Å². The second kappa shape index (κ2) is 10.2. The summed E-state index contributed by atoms with van der Waals surface area (Å²) in [6, 6.07) is 58.2. The molecule has 1 aromatic heterocycles. The Morgan fingerprint density at radius 2 is 0.979 bits per heavy atom. The van der Waals surface area contributed by atoms with E-state index < -0.39 is 0 Å². The minimum atomic E-state index is 1.16. The topological polar surface area (TPSA) is 8.17 Å². The molecule has 1 aliphatic carbocycles. The van der Waals surface area contributed by atoms with Crippen LogP contribution in [0.5, 0.6) is 0 Å². The van der Waals surface area contributed by atoms with E-state index in [1.54, 1.807) is 0 Å². The van der Waals surface area contributed by atoms with Gasteiger partial charge in [-0.05, 0) is 148 Å². The van der Waals surface area contributed by atoms with E-state index in [0.29, 0.717) is 0 Å². The first-order valence-electron chi connectivity index (χ1n) is 16.7. The second-order valence-electron chi connectivity index (χ2n) is 13.2. The molecule has 1 heterocycles. The van der Waals surface area contributed by atoms with Gasteiger partial charge in [0.05, 0.1) is 11.0 Å². The summed E-state index contributed by atoms with van der Waals surface area (Å²) in [5.41, 5.74) is 15.1. The van der Waals surface area contributed by atoms with Crippen LogP contribution in [-0.4, -0.2) is 4.57 Å². The Bertz CT molecular complexity index is 2700. The number of aryl methyl sites for hydroxylation is 2. The average Bonchev–Trinajstić information content (AvgIpc) is 3.46. The zero-order valence-electron chi connectivity index (χ0n) is 26.9. The summed E-state index contributed by atoms with van der Waals surface area (Å²) >= 11 is 0. The van der Waals surface area contributed by atoms with Crippen molar-refractivity contribution in [2.45, 2.75) is 13.8 Å². The normalized spacial score (nSPS) is 12.0. The van der Waals surface area contributed by atoms with Gasteiger partial charge in [-0.1, -0.05) is 78.9 Å². The van der Waals surface area contributed by atoms with Gasteiger partial charge in [-0.25, -0.2) is 0 Å². The molecule has 0 amide bonds. The Hall–Kier alpha value is -6.12. The molecule has 48 heavy (non-hydrogen) atoms. The number of rotatable bonds is 4. The van der Waals surface area contributed by atoms with Gasteiger partial charge in [0, 0.05) is 33.5 Å². The van der Waals surface area contributed by atoms with Crippen LogP contribution in [0.3, 0.4) is 0 Å². The first kappa shape index (κ1) is 27.0. The summed E-state index contributed by atoms with van der Waals surface area (Å²) in [5, 5.41) is 7.62. The van der Waals surface area contributed by atoms with Gasteiger partial charge in [0.2, 0.25) is 0 Å². The van der Waals surface area contributed by atoms with E-state index in [9.17, 15) is 0 Å². The maximum Gasteiger partial charge on any atom is 0.0541 e. The molecule has 0 saturated carbocycles. The average molecular weight is 613 g/mol. The predicted molar refractivity (Wildman–Crippen MR) is 204 cm³/mol. The second-order valence-corrected chi connectivity index (χ2v) is 13.2. The highest BCUT2D eigenvalue weighted by atomic mass is 15.1. The van der Waals surface area contributed by atoms with E-state index in [1.165, 1.54) is 88.1 Å². The Morgan fingerprint density at radius 1 is 0.417 bits per heavy atom. The van der Waals surface area contributed by atoms with Crippen LogP contribution in [0.1, 0.15) is 11.1 Å². The number of para-hydroxylation sites is 3. The van der Waals surface area contributed by atoms with E-state index in [0.717, 1.165) is 11.4 Å². The third kappa shape index (κ3) is 3.99. The molecular weight excluding hydrogens is 581 g/mol. The van der Waals surface area contributed by atoms with E-state index in [4.69, 9.17) is 0 Å². The third-order valence-corrected chi connectivity index (χ3v) is 10.2. The molecule has 1 aliphatic rings. The molecule has 0 bridgehead atoms. The number of aromatic nitrogens is 1. The predicted octanol–water partition coefficient (Wildman–Crippen LogP) is 12.8. The molecule has 9 aromatic rings. The van der Waals surface area contributed by atoms with Crippen LogP contribution < -0.4 is 4.90 Å². The molecule has 0 atom stereocenters. The Labute approximate surface area is 279 Å². The van der Waals surface area contributed by atoms with Gasteiger partial charge in [-0.15, -0.1) is 0 Å². The Morgan fingerprint density at radius 3 is 1.65 bits per heavy atom. The van der Waals surface area contributed by atoms with Crippen LogP contribution >= 0.6 is 0 Å². The molecule has 0 N–H and O–H groups in total. The number of benzene rings is 8. The first-order chi connectivity index (χ1) is 23.6. The molecule has 8 aromatic carbocycles. The monoisotopic (exact) mass is 612 g/mol. The van der Waals surface area contributed by atoms with Crippen LogP contribution in [0.25, 0.3) is 71.3 Å². The largest absolute Gasteiger partial charge is 0.310 e. The molecule has 10 rings (SSSR count). The molecule has 0 unspecified atom stereocenters. The zero-order valence-corrected chi connectivity index (χ0v) is 26.9. The number of fused-ring (bicyclic) bond motifs is 9. The van der Waals surface area contributed by atoms with Crippen molar-refractivity contribution in [3.8, 4) is 27.9 Å². The minimum absolute atomic E-state index is 1.16. The molecule has 0 fully saturated rings. The van der Waals surface area contributed by atoms with Gasteiger partial charge >= 0.3 is 0 Å². The summed E-state index contributed by atoms with van der Waals surface area (Å²) < 4.78 is 2.40. The third-order valence-electron chi connectivity index (χ3n) is 10.2. The van der Waals surface area contributed by atoms with Crippen molar-refractivity contribution >= 4 is 60.4 Å². The maximum absolute atomic E-state index is 2.40. The van der Waals surface area contributed by atoms with E-state index in [-0.39, 0.29) is 0 Å². The number of hydrogen-bond acceptors (Lipinski definition) is 1. The van der Waals surface area contributed by atoms with Gasteiger partial charge in [0.1, 0.15) is 0 Å². The molecule has 2 nitrogen and oxygen atoms in total. The van der Waals surface area contributed by atoms with E-state index in [1.807, 2.05) is 0 Å². The maximum atomic E-state index is 2.40. The van der Waals surface area contributed by atoms with Crippen molar-refractivity contribution in [3.63, 3.8) is 0 Å². The van der Waals surface area contributed by atoms with Crippen LogP contribution in [0.4, 0.5) is 17.1 Å². The van der Waals surface area contributed by atoms with Gasteiger partial charge in [-0.3, -0.25) is 0 Å². The zero-order chi connectivity index (χ0) is 31.9. The fraction of sp³-hybridized carbons (Fsp3) is 0.0435. The summed E-state index contributed by atoms with van der Waals surface area (Å²) in [7, 11) is 0. The van der Waals surface area contributed by atoms with Crippen LogP contribution in [0.15, 0.2) is 158 Å². The van der Waals surface area contributed by atoms with Crippen LogP contribution in [0.2, 0.25) is 0 Å². The quantitative estimate of drug-likeness (QED) is 0.192. The van der Waals surface area contributed by atoms with E-state index in [2.05, 4.69) is 181 Å². The smallest absolute Gasteiger partial charge is 0.0541 e. The number of anilines is 3. The standard InChI is InChI=1S/C46H32N2/c1-29-16-17-30(2)46(22-29)47(35-10-4-3-5-11-35)36-20-18-31-25-40-42(27-33(31)23-36)41-26-32-19-21-37(24-34(32)28-43(40)41)48-44-14-8-6-12-38(44)39-13-7-9-15-45(39)48/h3-28H,1-2H3. The Balaban J connectivity index is 1.08. The lowest BCUT2D eigenvalue weighted by molar-refractivity contribution is 1.19. The van der Waals surface area contributed by atoms with Crippen molar-refractivity contribution in [3.05, 3.63) is 169 Å². The Kier molecular flexibility index (Phi) is 5.74. The van der Waals surface area contributed by atoms with Gasteiger partial charge in [0.25, 0.3) is 0 Å². The molecule has 0 aliphatic heterocycles. The van der Waals surface area contributed by atoms with Crippen molar-refractivity contribution < 1.29 is 0 Å². The van der Waals surface area contributed by atoms with Crippen molar-refractivity contribution in [2.75, 3.05) is 4.90 Å². The summed E-state index contributed by atoms with van der Waals surface area (Å²) in [6.45, 7) is 4.36. The lowest BCUT2D eigenvalue weighted by Gasteiger charge is -2.29. The van der Waals surface area contributed by atoms with Gasteiger partial charge in [-0.2, -0.15) is 0 Å². The highest BCUT2D eigenvalue weighted by molar-refractivity contribution is 6.13. The van der Waals surface area contributed by atoms with E-state index >= 15 is 0 Å². The minimum Gasteiger partial charge on any atom is -0.310 e. The van der Waals surface area contributed by atoms with Crippen molar-refractivity contribution in [1.29, 1.82) is 0 Å². The number of hydrogen-bond donors (Lipinski definition) is 0. The van der Waals surface area contributed by atoms with Gasteiger partial charge < -0.3 is 9.47 Å². The first-order valence-corrected chi connectivity index (χ1v) is 16.7. The summed E-state index contributed by atoms with van der Waals surface area (Å²) in [4.78, 5) is 2.39. The fourth-order valence-electron chi connectivity index (χ4n) is 7.84. The summed E-state index contributed by atoms with van der Waals surface area (Å²) in [5.74, 6) is 0. The number of nitrogens with zero attached hydrogens (tertiary/aromatic N) is 2. The molecule has 0 spiro atoms. The molecule has 0 radical (unpaired) electrons. The van der Waals surface area contributed by atoms with Gasteiger partial charge in [0.15, 0.2) is 0 Å². The lowest BCUT2D eigenvalue weighted by atomic mass is 9.78. The molecular formula is C46H32N2. The highest BCUT2D eigenvalue weighted by Gasteiger charge is 2.25. The summed E-state index contributed by atoms with van der Waals surface area (Å²) in [6.07, 6.45) is 0. The fourth-order valence-corrected chi connectivity index (χ4v) is 7.84. The molecule has 226 valence electrons. The molecule has 0 saturated heterocycles. The van der Waals surface area contributed by atoms with Crippen molar-refractivity contribution in [1.82, 2.24) is 4.57 Å². The van der Waals surface area contributed by atoms with Crippen LogP contribution in [0, 0.1) is 13.8 Å². The lowest BCUT2D eigenvalue weighted by Crippen LogP contribution is -2.11. The molecule has 2 heteroatoms. The highest BCUT2D eigenvalue weighted by Crippen LogP contribution is 2.51. The SMILES string of the molecule is Cc1ccc(C)c(N(c2ccccc2)c2ccc3cc4c(cc3c2)-c2cc3ccc(-n5c6ccccc6c6ccccc65)cc3cc2-4)c1.